The maximum Gasteiger partial charge on any atom is 0.375 e. The number of hydrogen-bond donors (Lipinski definition) is 2. The average Bonchev–Trinajstić information content (AvgIpc) is 3.18. The number of furan rings is 1. The van der Waals surface area contributed by atoms with Crippen molar-refractivity contribution in [2.45, 2.75) is 17.9 Å². The molecular weight excluding hydrogens is 415 g/mol. The number of benzene rings is 2. The second kappa shape index (κ2) is 8.47. The Balaban J connectivity index is 1.64. The van der Waals surface area contributed by atoms with Crippen molar-refractivity contribution < 1.29 is 31.6 Å². The number of esters is 1. The molecule has 3 N–H and O–H groups in total. The van der Waals surface area contributed by atoms with Gasteiger partial charge in [0.25, 0.3) is 5.91 Å². The van der Waals surface area contributed by atoms with Gasteiger partial charge in [-0.05, 0) is 61.5 Å². The van der Waals surface area contributed by atoms with Crippen molar-refractivity contribution >= 4 is 27.6 Å². The molecule has 1 amide bonds. The van der Waals surface area contributed by atoms with Crippen molar-refractivity contribution in [1.82, 2.24) is 0 Å². The molecule has 1 heterocycles. The molecule has 0 radical (unpaired) electrons. The number of sulfonamides is 1. The third-order valence-corrected chi connectivity index (χ3v) is 4.93. The Bertz CT molecular complexity index is 1190. The highest BCUT2D eigenvalue weighted by atomic mass is 32.2. The van der Waals surface area contributed by atoms with E-state index in [0.29, 0.717) is 11.3 Å². The Labute approximate surface area is 171 Å². The predicted molar refractivity (Wildman–Crippen MR) is 105 cm³/mol. The fourth-order valence-corrected chi connectivity index (χ4v) is 3.04. The smallest absolute Gasteiger partial charge is 0.375 e. The lowest BCUT2D eigenvalue weighted by molar-refractivity contribution is -0.123. The van der Waals surface area contributed by atoms with Crippen LogP contribution in [0.3, 0.4) is 0 Å². The molecule has 0 bridgehead atoms. The van der Waals surface area contributed by atoms with Gasteiger partial charge < -0.3 is 14.5 Å². The van der Waals surface area contributed by atoms with Crippen LogP contribution in [-0.4, -0.2) is 26.4 Å². The van der Waals surface area contributed by atoms with Crippen molar-refractivity contribution in [1.29, 1.82) is 0 Å². The number of anilines is 1. The van der Waals surface area contributed by atoms with E-state index in [-0.39, 0.29) is 16.3 Å². The lowest BCUT2D eigenvalue weighted by atomic mass is 10.2. The van der Waals surface area contributed by atoms with Crippen LogP contribution in [-0.2, 0) is 19.6 Å². The monoisotopic (exact) mass is 432 g/mol. The minimum Gasteiger partial charge on any atom is -0.449 e. The Morgan fingerprint density at radius 2 is 1.80 bits per heavy atom. The number of rotatable bonds is 6. The van der Waals surface area contributed by atoms with Crippen LogP contribution in [0.25, 0.3) is 11.3 Å². The van der Waals surface area contributed by atoms with Crippen molar-refractivity contribution in [3.63, 3.8) is 0 Å². The zero-order chi connectivity index (χ0) is 21.9. The van der Waals surface area contributed by atoms with Crippen LogP contribution in [0.2, 0.25) is 0 Å². The first-order valence-corrected chi connectivity index (χ1v) is 10.2. The topological polar surface area (TPSA) is 129 Å². The summed E-state index contributed by atoms with van der Waals surface area (Å²) in [5, 5.41) is 7.50. The third kappa shape index (κ3) is 5.10. The van der Waals surface area contributed by atoms with E-state index in [4.69, 9.17) is 14.3 Å². The maximum atomic E-state index is 13.0. The van der Waals surface area contributed by atoms with E-state index in [2.05, 4.69) is 5.32 Å². The summed E-state index contributed by atoms with van der Waals surface area (Å²) < 4.78 is 46.3. The lowest BCUT2D eigenvalue weighted by Gasteiger charge is -2.13. The number of hydrogen-bond acceptors (Lipinski definition) is 6. The van der Waals surface area contributed by atoms with Gasteiger partial charge in [0.05, 0.1) is 4.90 Å². The molecule has 0 aliphatic rings. The second-order valence-corrected chi connectivity index (χ2v) is 7.84. The van der Waals surface area contributed by atoms with Crippen LogP contribution < -0.4 is 10.5 Å². The Morgan fingerprint density at radius 1 is 1.10 bits per heavy atom. The number of nitrogens with one attached hydrogen (secondary N) is 1. The van der Waals surface area contributed by atoms with Gasteiger partial charge in [-0.1, -0.05) is 6.07 Å². The SMILES string of the molecule is CC(OC(=O)c1ccc(-c2ccc(F)cc2)o1)C(=O)Nc1cccc(S(N)(=O)=O)c1. The molecule has 0 spiro atoms. The second-order valence-electron chi connectivity index (χ2n) is 6.28. The minimum absolute atomic E-state index is 0.134. The first kappa shape index (κ1) is 21.2. The van der Waals surface area contributed by atoms with Crippen molar-refractivity contribution in [3.05, 3.63) is 72.2 Å². The number of amides is 1. The summed E-state index contributed by atoms with van der Waals surface area (Å²) >= 11 is 0. The van der Waals surface area contributed by atoms with E-state index >= 15 is 0 Å². The van der Waals surface area contributed by atoms with Crippen molar-refractivity contribution in [3.8, 4) is 11.3 Å². The van der Waals surface area contributed by atoms with Crippen LogP contribution in [0.15, 0.2) is 70.0 Å². The van der Waals surface area contributed by atoms with Crippen LogP contribution in [0.5, 0.6) is 0 Å². The normalized spacial score (nSPS) is 12.2. The summed E-state index contributed by atoms with van der Waals surface area (Å²) in [5.41, 5.74) is 0.738. The van der Waals surface area contributed by atoms with Gasteiger partial charge in [0, 0.05) is 11.3 Å². The van der Waals surface area contributed by atoms with E-state index in [9.17, 15) is 22.4 Å². The average molecular weight is 432 g/mol. The zero-order valence-electron chi connectivity index (χ0n) is 15.7. The summed E-state index contributed by atoms with van der Waals surface area (Å²) in [6.07, 6.45) is -1.20. The molecule has 156 valence electrons. The van der Waals surface area contributed by atoms with E-state index in [0.717, 1.165) is 0 Å². The number of ether oxygens (including phenoxy) is 1. The van der Waals surface area contributed by atoms with Crippen molar-refractivity contribution in [2.24, 2.45) is 5.14 Å². The molecule has 1 atom stereocenters. The Hall–Kier alpha value is -3.50. The highest BCUT2D eigenvalue weighted by molar-refractivity contribution is 7.89. The van der Waals surface area contributed by atoms with Crippen LogP contribution in [0.1, 0.15) is 17.5 Å². The van der Waals surface area contributed by atoms with Gasteiger partial charge in [-0.25, -0.2) is 22.7 Å². The molecule has 10 heteroatoms. The Morgan fingerprint density at radius 3 is 2.47 bits per heavy atom. The van der Waals surface area contributed by atoms with E-state index < -0.39 is 33.8 Å². The van der Waals surface area contributed by atoms with Crippen molar-refractivity contribution in [2.75, 3.05) is 5.32 Å². The third-order valence-electron chi connectivity index (χ3n) is 4.02. The highest BCUT2D eigenvalue weighted by Gasteiger charge is 2.22. The highest BCUT2D eigenvalue weighted by Crippen LogP contribution is 2.23. The summed E-state index contributed by atoms with van der Waals surface area (Å²) in [6, 6.07) is 13.7. The van der Waals surface area contributed by atoms with Gasteiger partial charge in [0.15, 0.2) is 6.10 Å². The largest absolute Gasteiger partial charge is 0.449 e. The quantitative estimate of drug-likeness (QED) is 0.576. The van der Waals surface area contributed by atoms with Crippen LogP contribution in [0, 0.1) is 5.82 Å². The van der Waals surface area contributed by atoms with E-state index in [1.807, 2.05) is 0 Å². The van der Waals surface area contributed by atoms with Gasteiger partial charge in [0.2, 0.25) is 15.8 Å². The van der Waals surface area contributed by atoms with Gasteiger partial charge in [-0.3, -0.25) is 4.79 Å². The number of carbonyl (C=O) groups excluding carboxylic acids is 2. The van der Waals surface area contributed by atoms with Crippen LogP contribution in [0.4, 0.5) is 10.1 Å². The summed E-state index contributed by atoms with van der Waals surface area (Å²) in [5.74, 6) is -1.76. The summed E-state index contributed by atoms with van der Waals surface area (Å²) in [7, 11) is -3.93. The Kier molecular flexibility index (Phi) is 5.99. The molecule has 2 aromatic carbocycles. The molecule has 30 heavy (non-hydrogen) atoms. The molecule has 1 unspecified atom stereocenters. The fraction of sp³-hybridized carbons (Fsp3) is 0.100. The molecule has 0 saturated carbocycles. The number of primary sulfonamides is 1. The summed E-state index contributed by atoms with van der Waals surface area (Å²) in [6.45, 7) is 1.35. The first-order chi connectivity index (χ1) is 14.1. The zero-order valence-corrected chi connectivity index (χ0v) is 16.5. The van der Waals surface area contributed by atoms with Gasteiger partial charge in [0.1, 0.15) is 11.6 Å². The molecule has 3 aromatic rings. The standard InChI is InChI=1S/C20H17FN2O6S/c1-12(19(24)23-15-3-2-4-16(11-15)30(22,26)27)28-20(25)18-10-9-17(29-18)13-5-7-14(21)8-6-13/h2-12H,1H3,(H,23,24)(H2,22,26,27). The van der Waals surface area contributed by atoms with Gasteiger partial charge in [-0.2, -0.15) is 0 Å². The molecule has 8 nitrogen and oxygen atoms in total. The fourth-order valence-electron chi connectivity index (χ4n) is 2.48. The van der Waals surface area contributed by atoms with Gasteiger partial charge in [-0.15, -0.1) is 0 Å². The molecular formula is C20H17FN2O6S. The molecule has 0 aliphatic heterocycles. The molecule has 1 aromatic heterocycles. The summed E-state index contributed by atoms with van der Waals surface area (Å²) in [4.78, 5) is 24.3. The van der Waals surface area contributed by atoms with E-state index in [1.165, 1.54) is 67.6 Å². The van der Waals surface area contributed by atoms with E-state index in [1.54, 1.807) is 0 Å². The first-order valence-electron chi connectivity index (χ1n) is 8.64. The lowest BCUT2D eigenvalue weighted by Crippen LogP contribution is -2.30. The molecule has 0 aliphatic carbocycles. The predicted octanol–water partition coefficient (Wildman–Crippen LogP) is 2.92. The molecule has 0 fully saturated rings. The molecule has 0 saturated heterocycles. The number of halogens is 1. The maximum absolute atomic E-state index is 13.0. The number of nitrogens with two attached hydrogens (primary N) is 1. The van der Waals surface area contributed by atoms with Crippen LogP contribution >= 0.6 is 0 Å². The minimum atomic E-state index is -3.93. The number of carbonyl (C=O) groups is 2. The van der Waals surface area contributed by atoms with Gasteiger partial charge >= 0.3 is 5.97 Å². The molecule has 3 rings (SSSR count).